The van der Waals surface area contributed by atoms with Crippen LogP contribution in [-0.4, -0.2) is 20.6 Å². The Hall–Kier alpha value is -1.42. The van der Waals surface area contributed by atoms with Gasteiger partial charge in [-0.1, -0.05) is 0 Å². The number of nitrogens with zero attached hydrogens (tertiary/aromatic N) is 3. The van der Waals surface area contributed by atoms with E-state index in [0.29, 0.717) is 0 Å². The molecule has 4 nitrogen and oxygen atoms in total. The molecule has 2 N–H and O–H groups in total. The highest BCUT2D eigenvalue weighted by Crippen LogP contribution is 2.32. The Kier molecular flexibility index (Phi) is 2.17. The van der Waals surface area contributed by atoms with E-state index in [-0.39, 0.29) is 6.04 Å². The molecule has 1 fully saturated rings. The Labute approximate surface area is 94.5 Å². The van der Waals surface area contributed by atoms with E-state index in [0.717, 1.165) is 18.0 Å². The molecule has 16 heavy (non-hydrogen) atoms. The molecule has 2 heterocycles. The lowest BCUT2D eigenvalue weighted by Crippen LogP contribution is -2.26. The van der Waals surface area contributed by atoms with Crippen LogP contribution in [0.5, 0.6) is 0 Å². The van der Waals surface area contributed by atoms with Gasteiger partial charge in [0.05, 0.1) is 0 Å². The van der Waals surface area contributed by atoms with Crippen molar-refractivity contribution in [3.05, 3.63) is 29.7 Å². The standard InChI is InChI=1S/C12H16N4/c1-8-4-10(6-11(13)9-2-3-9)16-12(5-8)14-7-15-16/h4-5,7,9,11H,2-3,6,13H2,1H3. The number of aryl methyl sites for hydroxylation is 1. The van der Waals surface area contributed by atoms with E-state index < -0.39 is 0 Å². The summed E-state index contributed by atoms with van der Waals surface area (Å²) in [6.07, 6.45) is 5.06. The van der Waals surface area contributed by atoms with E-state index in [1.54, 1.807) is 6.33 Å². The van der Waals surface area contributed by atoms with Crippen molar-refractivity contribution in [1.29, 1.82) is 0 Å². The summed E-state index contributed by atoms with van der Waals surface area (Å²) in [6.45, 7) is 2.08. The molecule has 84 valence electrons. The molecule has 0 spiro atoms. The zero-order valence-electron chi connectivity index (χ0n) is 9.43. The number of hydrogen-bond donors (Lipinski definition) is 1. The quantitative estimate of drug-likeness (QED) is 0.841. The first kappa shape index (κ1) is 9.78. The monoisotopic (exact) mass is 216 g/mol. The number of aromatic nitrogens is 3. The first-order chi connectivity index (χ1) is 7.74. The highest BCUT2D eigenvalue weighted by molar-refractivity contribution is 5.41. The van der Waals surface area contributed by atoms with E-state index in [9.17, 15) is 0 Å². The first-order valence-electron chi connectivity index (χ1n) is 5.79. The van der Waals surface area contributed by atoms with Crippen LogP contribution in [0.3, 0.4) is 0 Å². The molecular weight excluding hydrogens is 200 g/mol. The van der Waals surface area contributed by atoms with E-state index in [2.05, 4.69) is 23.1 Å². The minimum absolute atomic E-state index is 0.272. The minimum Gasteiger partial charge on any atom is -0.327 e. The van der Waals surface area contributed by atoms with E-state index in [1.165, 1.54) is 24.1 Å². The molecule has 4 heteroatoms. The van der Waals surface area contributed by atoms with Gasteiger partial charge in [0.1, 0.15) is 6.33 Å². The van der Waals surface area contributed by atoms with Crippen LogP contribution in [0.2, 0.25) is 0 Å². The molecule has 0 amide bonds. The predicted octanol–water partition coefficient (Wildman–Crippen LogP) is 1.32. The molecule has 1 aliphatic rings. The van der Waals surface area contributed by atoms with Gasteiger partial charge in [-0.15, -0.1) is 0 Å². The summed E-state index contributed by atoms with van der Waals surface area (Å²) in [5.41, 5.74) is 9.47. The topological polar surface area (TPSA) is 56.2 Å². The van der Waals surface area contributed by atoms with Crippen LogP contribution in [0.15, 0.2) is 18.5 Å². The van der Waals surface area contributed by atoms with E-state index >= 15 is 0 Å². The Balaban J connectivity index is 1.97. The van der Waals surface area contributed by atoms with Gasteiger partial charge in [0.25, 0.3) is 0 Å². The number of pyridine rings is 1. The second kappa shape index (κ2) is 3.56. The van der Waals surface area contributed by atoms with Crippen LogP contribution in [-0.2, 0) is 6.42 Å². The Morgan fingerprint density at radius 2 is 2.31 bits per heavy atom. The number of hydrogen-bond acceptors (Lipinski definition) is 3. The fourth-order valence-corrected chi connectivity index (χ4v) is 2.22. The van der Waals surface area contributed by atoms with Crippen molar-refractivity contribution in [3.8, 4) is 0 Å². The van der Waals surface area contributed by atoms with Gasteiger partial charge in [-0.25, -0.2) is 9.50 Å². The maximum absolute atomic E-state index is 6.16. The van der Waals surface area contributed by atoms with E-state index in [1.807, 2.05) is 10.6 Å². The van der Waals surface area contributed by atoms with Crippen molar-refractivity contribution in [2.75, 3.05) is 0 Å². The Morgan fingerprint density at radius 3 is 3.06 bits per heavy atom. The Bertz CT molecular complexity index is 513. The maximum Gasteiger partial charge on any atom is 0.155 e. The molecule has 0 aromatic carbocycles. The average Bonchev–Trinajstić information content (AvgIpc) is 2.98. The summed E-state index contributed by atoms with van der Waals surface area (Å²) < 4.78 is 1.90. The lowest BCUT2D eigenvalue weighted by atomic mass is 10.1. The Morgan fingerprint density at radius 1 is 1.50 bits per heavy atom. The van der Waals surface area contributed by atoms with Gasteiger partial charge in [0.15, 0.2) is 5.65 Å². The summed E-state index contributed by atoms with van der Waals surface area (Å²) in [5.74, 6) is 0.721. The lowest BCUT2D eigenvalue weighted by molar-refractivity contribution is 0.576. The van der Waals surface area contributed by atoms with Crippen molar-refractivity contribution >= 4 is 5.65 Å². The molecule has 1 aliphatic carbocycles. The second-order valence-corrected chi connectivity index (χ2v) is 4.76. The molecule has 0 saturated heterocycles. The third kappa shape index (κ3) is 1.69. The third-order valence-electron chi connectivity index (χ3n) is 3.27. The van der Waals surface area contributed by atoms with Crippen molar-refractivity contribution in [2.24, 2.45) is 11.7 Å². The van der Waals surface area contributed by atoms with Crippen molar-refractivity contribution in [1.82, 2.24) is 14.6 Å². The van der Waals surface area contributed by atoms with Gasteiger partial charge in [-0.3, -0.25) is 0 Å². The lowest BCUT2D eigenvalue weighted by Gasteiger charge is -2.11. The van der Waals surface area contributed by atoms with E-state index in [4.69, 9.17) is 5.73 Å². The smallest absolute Gasteiger partial charge is 0.155 e. The van der Waals surface area contributed by atoms with Gasteiger partial charge in [0, 0.05) is 18.2 Å². The van der Waals surface area contributed by atoms with Crippen LogP contribution in [0, 0.1) is 12.8 Å². The van der Waals surface area contributed by atoms with Gasteiger partial charge in [-0.2, -0.15) is 5.10 Å². The summed E-state index contributed by atoms with van der Waals surface area (Å²) in [4.78, 5) is 4.22. The van der Waals surface area contributed by atoms with Crippen LogP contribution < -0.4 is 5.73 Å². The molecule has 2 aromatic rings. The van der Waals surface area contributed by atoms with Gasteiger partial charge >= 0.3 is 0 Å². The summed E-state index contributed by atoms with van der Waals surface area (Å²) in [6, 6.07) is 4.47. The predicted molar refractivity (Wildman–Crippen MR) is 62.1 cm³/mol. The third-order valence-corrected chi connectivity index (χ3v) is 3.27. The molecule has 1 unspecified atom stereocenters. The highest BCUT2D eigenvalue weighted by atomic mass is 15.3. The molecule has 0 aliphatic heterocycles. The van der Waals surface area contributed by atoms with Crippen molar-refractivity contribution in [3.63, 3.8) is 0 Å². The molecule has 1 atom stereocenters. The number of nitrogens with two attached hydrogens (primary N) is 1. The van der Waals surface area contributed by atoms with Crippen LogP contribution in [0.25, 0.3) is 5.65 Å². The first-order valence-corrected chi connectivity index (χ1v) is 5.79. The van der Waals surface area contributed by atoms with Crippen molar-refractivity contribution in [2.45, 2.75) is 32.2 Å². The molecular formula is C12H16N4. The highest BCUT2D eigenvalue weighted by Gasteiger charge is 2.28. The largest absolute Gasteiger partial charge is 0.327 e. The number of rotatable bonds is 3. The summed E-state index contributed by atoms with van der Waals surface area (Å²) >= 11 is 0. The van der Waals surface area contributed by atoms with Gasteiger partial charge in [-0.05, 0) is 43.4 Å². The minimum atomic E-state index is 0.272. The van der Waals surface area contributed by atoms with Crippen molar-refractivity contribution < 1.29 is 0 Å². The van der Waals surface area contributed by atoms with Crippen LogP contribution in [0.4, 0.5) is 0 Å². The normalized spacial score (nSPS) is 17.9. The van der Waals surface area contributed by atoms with Gasteiger partial charge in [0.2, 0.25) is 0 Å². The zero-order valence-corrected chi connectivity index (χ0v) is 9.43. The molecule has 0 bridgehead atoms. The van der Waals surface area contributed by atoms with Crippen LogP contribution >= 0.6 is 0 Å². The second-order valence-electron chi connectivity index (χ2n) is 4.76. The molecule has 3 rings (SSSR count). The fourth-order valence-electron chi connectivity index (χ4n) is 2.22. The summed E-state index contributed by atoms with van der Waals surface area (Å²) in [7, 11) is 0. The maximum atomic E-state index is 6.16. The number of fused-ring (bicyclic) bond motifs is 1. The molecule has 2 aromatic heterocycles. The molecule has 1 saturated carbocycles. The fraction of sp³-hybridized carbons (Fsp3) is 0.500. The molecule has 0 radical (unpaired) electrons. The summed E-state index contributed by atoms with van der Waals surface area (Å²) in [5, 5.41) is 4.24. The zero-order chi connectivity index (χ0) is 11.1. The average molecular weight is 216 g/mol. The van der Waals surface area contributed by atoms with Crippen LogP contribution in [0.1, 0.15) is 24.1 Å². The van der Waals surface area contributed by atoms with Gasteiger partial charge < -0.3 is 5.73 Å². The SMILES string of the molecule is Cc1cc(CC(N)C2CC2)n2ncnc2c1.